The number of likely N-dealkylation sites (N-methyl/N-ethyl adjacent to an activating group) is 1. The van der Waals surface area contributed by atoms with Crippen LogP contribution in [0, 0.1) is 0 Å². The van der Waals surface area contributed by atoms with E-state index in [9.17, 15) is 27.6 Å². The maximum atomic E-state index is 13.7. The molecule has 0 aliphatic rings. The molecule has 0 aliphatic carbocycles. The van der Waals surface area contributed by atoms with Gasteiger partial charge in [0.15, 0.2) is 11.2 Å². The van der Waals surface area contributed by atoms with E-state index in [0.717, 1.165) is 23.0 Å². The van der Waals surface area contributed by atoms with E-state index in [0.29, 0.717) is 54.1 Å². The highest BCUT2D eigenvalue weighted by Gasteiger charge is 2.32. The molecule has 0 saturated heterocycles. The largest absolute Gasteiger partial charge is 0.416 e. The first-order valence-electron chi connectivity index (χ1n) is 15.0. The van der Waals surface area contributed by atoms with E-state index in [1.54, 1.807) is 6.20 Å². The van der Waals surface area contributed by atoms with Crippen molar-refractivity contribution in [1.82, 2.24) is 15.6 Å². The monoisotopic (exact) mass is 662 g/mol. The number of carbonyl (C=O) groups is 3. The molecule has 10 nitrogen and oxygen atoms in total. The van der Waals surface area contributed by atoms with Gasteiger partial charge in [0.05, 0.1) is 49.8 Å². The predicted molar refractivity (Wildman–Crippen MR) is 174 cm³/mol. The summed E-state index contributed by atoms with van der Waals surface area (Å²) in [5.74, 6) is -1.11. The molecule has 0 radical (unpaired) electrons. The van der Waals surface area contributed by atoms with E-state index >= 15 is 0 Å². The first kappa shape index (κ1) is 36.9. The maximum Gasteiger partial charge on any atom is 0.416 e. The van der Waals surface area contributed by atoms with Crippen LogP contribution in [0.1, 0.15) is 23.6 Å². The van der Waals surface area contributed by atoms with Crippen molar-refractivity contribution in [2.75, 3.05) is 45.5 Å². The Kier molecular flexibility index (Phi) is 13.5. The molecule has 0 saturated carbocycles. The van der Waals surface area contributed by atoms with E-state index in [2.05, 4.69) is 15.6 Å². The van der Waals surface area contributed by atoms with Crippen LogP contribution >= 0.6 is 11.8 Å². The quantitative estimate of drug-likeness (QED) is 0.108. The van der Waals surface area contributed by atoms with Crippen LogP contribution in [0.2, 0.25) is 0 Å². The highest BCUT2D eigenvalue weighted by atomic mass is 32.2. The number of halogens is 3. The first-order chi connectivity index (χ1) is 21.7. The fourth-order valence-electron chi connectivity index (χ4n) is 4.89. The number of nitrogens with two attached hydrogens (primary N) is 3. The van der Waals surface area contributed by atoms with Crippen LogP contribution in [0.4, 0.5) is 13.2 Å². The second-order valence-corrected chi connectivity index (χ2v) is 12.8. The lowest BCUT2D eigenvalue weighted by Crippen LogP contribution is -2.54. The smallest absolute Gasteiger partial charge is 0.343 e. The number of benzene rings is 2. The number of thioether (sulfide) groups is 1. The number of ketones is 1. The average Bonchev–Trinajstić information content (AvgIpc) is 3.00. The summed E-state index contributed by atoms with van der Waals surface area (Å²) in [5.41, 5.74) is 18.3. The first-order valence-corrected chi connectivity index (χ1v) is 16.0. The Labute approximate surface area is 271 Å². The third kappa shape index (κ3) is 11.1. The summed E-state index contributed by atoms with van der Waals surface area (Å²) in [4.78, 5) is 44.3. The van der Waals surface area contributed by atoms with E-state index in [1.165, 1.54) is 30.8 Å². The summed E-state index contributed by atoms with van der Waals surface area (Å²) in [6.45, 7) is 4.35. The molecule has 1 heterocycles. The van der Waals surface area contributed by atoms with Crippen LogP contribution in [-0.2, 0) is 33.4 Å². The van der Waals surface area contributed by atoms with Crippen molar-refractivity contribution in [2.45, 2.75) is 43.4 Å². The molecule has 3 atom stereocenters. The number of para-hydroxylation sites is 1. The number of carbonyl (C=O) groups excluding carboxylic acids is 3. The van der Waals surface area contributed by atoms with E-state index in [1.807, 2.05) is 37.4 Å². The number of hydrogen-bond donors (Lipinski definition) is 5. The van der Waals surface area contributed by atoms with Gasteiger partial charge in [0.1, 0.15) is 0 Å². The molecule has 0 aliphatic heterocycles. The summed E-state index contributed by atoms with van der Waals surface area (Å²) in [5, 5.41) is 5.15. The van der Waals surface area contributed by atoms with Gasteiger partial charge in [-0.2, -0.15) is 13.2 Å². The van der Waals surface area contributed by atoms with Crippen molar-refractivity contribution < 1.29 is 32.0 Å². The van der Waals surface area contributed by atoms with Gasteiger partial charge >= 0.3 is 6.18 Å². The van der Waals surface area contributed by atoms with Crippen molar-refractivity contribution in [1.29, 1.82) is 0 Å². The van der Waals surface area contributed by atoms with Gasteiger partial charge in [0.2, 0.25) is 5.91 Å². The van der Waals surface area contributed by atoms with Gasteiger partial charge in [-0.25, -0.2) is 0 Å². The molecule has 2 amide bonds. The number of alkyl halides is 3. The fourth-order valence-corrected chi connectivity index (χ4v) is 6.09. The van der Waals surface area contributed by atoms with Gasteiger partial charge in [-0.15, -0.1) is 11.8 Å². The van der Waals surface area contributed by atoms with Crippen molar-refractivity contribution in [3.63, 3.8) is 0 Å². The predicted octanol–water partition coefficient (Wildman–Crippen LogP) is 1.98. The Hall–Kier alpha value is -3.56. The SMILES string of the molecule is C[C@H](N)C(=O)NC(SCC[N+](C)(CCN)CCN)C(=O)N[C@H](Cc1ccc(C(F)(F)F)cc1)C(=O)Cc1cnc2ccccc2c1. The summed E-state index contributed by atoms with van der Waals surface area (Å²) < 4.78 is 40.1. The standard InChI is InChI=1S/C32H42F3N7O3S/c1-21(38)29(44)41-31(46-16-15-42(2,13-11-36)14-12-37)30(45)40-27(18-22-7-9-25(10-8-22)32(33,34)35)28(43)19-23-17-24-5-3-4-6-26(24)39-20-23/h3-10,17,20-21,27,31H,11-16,18-19,36-38H2,1-2H3,(H-,40,41,44,45)/p+1/t21-,27+,31?/m0/s1. The molecule has 8 N–H and O–H groups in total. The number of quaternary nitrogens is 1. The zero-order valence-electron chi connectivity index (χ0n) is 26.1. The lowest BCUT2D eigenvalue weighted by atomic mass is 9.97. The molecule has 2 aromatic carbocycles. The lowest BCUT2D eigenvalue weighted by molar-refractivity contribution is -0.904. The second kappa shape index (κ2) is 16.8. The topological polar surface area (TPSA) is 166 Å². The minimum atomic E-state index is -4.52. The molecule has 0 spiro atoms. The summed E-state index contributed by atoms with van der Waals surface area (Å²) in [7, 11) is 2.01. The summed E-state index contributed by atoms with van der Waals surface area (Å²) >= 11 is 1.18. The van der Waals surface area contributed by atoms with Crippen molar-refractivity contribution >= 4 is 40.3 Å². The molecule has 1 unspecified atom stereocenters. The normalized spacial score (nSPS) is 14.0. The van der Waals surface area contributed by atoms with Gasteiger partial charge in [0.25, 0.3) is 5.91 Å². The second-order valence-electron chi connectivity index (χ2n) is 11.6. The Bertz CT molecular complexity index is 1470. The van der Waals surface area contributed by atoms with E-state index < -0.39 is 41.0 Å². The van der Waals surface area contributed by atoms with Crippen LogP contribution < -0.4 is 27.8 Å². The summed E-state index contributed by atoms with van der Waals surface area (Å²) in [6, 6.07) is 11.7. The number of nitrogens with one attached hydrogen (secondary N) is 2. The van der Waals surface area contributed by atoms with E-state index in [4.69, 9.17) is 17.2 Å². The van der Waals surface area contributed by atoms with Crippen LogP contribution in [0.3, 0.4) is 0 Å². The molecule has 46 heavy (non-hydrogen) atoms. The minimum Gasteiger partial charge on any atom is -0.343 e. The third-order valence-electron chi connectivity index (χ3n) is 7.63. The highest BCUT2D eigenvalue weighted by molar-refractivity contribution is 8.00. The number of aromatic nitrogens is 1. The van der Waals surface area contributed by atoms with Crippen molar-refractivity contribution in [3.05, 3.63) is 77.5 Å². The average molecular weight is 663 g/mol. The zero-order chi connectivity index (χ0) is 33.9. The van der Waals surface area contributed by atoms with Crippen LogP contribution in [0.5, 0.6) is 0 Å². The number of hydrogen-bond acceptors (Lipinski definition) is 8. The van der Waals surface area contributed by atoms with Crippen molar-refractivity contribution in [2.24, 2.45) is 17.2 Å². The Morgan fingerprint density at radius 2 is 1.59 bits per heavy atom. The molecule has 0 fully saturated rings. The maximum absolute atomic E-state index is 13.7. The number of nitrogens with zero attached hydrogens (tertiary/aromatic N) is 2. The molecule has 250 valence electrons. The highest BCUT2D eigenvalue weighted by Crippen LogP contribution is 2.29. The molecule has 1 aromatic heterocycles. The van der Waals surface area contributed by atoms with Gasteiger partial charge in [-0.3, -0.25) is 19.4 Å². The molecule has 3 rings (SSSR count). The van der Waals surface area contributed by atoms with Crippen LogP contribution in [0.25, 0.3) is 10.9 Å². The molecular weight excluding hydrogens is 619 g/mol. The minimum absolute atomic E-state index is 0.0652. The van der Waals surface area contributed by atoms with Gasteiger partial charge < -0.3 is 32.3 Å². The molecule has 3 aromatic rings. The molecule has 14 heteroatoms. The zero-order valence-corrected chi connectivity index (χ0v) is 26.9. The third-order valence-corrected chi connectivity index (χ3v) is 8.71. The number of Topliss-reactive ketones (excluding diaryl/α,β-unsaturated/α-hetero) is 1. The number of fused-ring (bicyclic) bond motifs is 1. The number of rotatable bonds is 17. The van der Waals surface area contributed by atoms with Gasteiger partial charge in [-0.05, 0) is 48.7 Å². The fraction of sp³-hybridized carbons (Fsp3) is 0.438. The Morgan fingerprint density at radius 1 is 0.935 bits per heavy atom. The van der Waals surface area contributed by atoms with Crippen molar-refractivity contribution in [3.8, 4) is 0 Å². The van der Waals surface area contributed by atoms with Gasteiger partial charge in [0, 0.05) is 36.8 Å². The lowest BCUT2D eigenvalue weighted by Gasteiger charge is -2.34. The van der Waals surface area contributed by atoms with Crippen LogP contribution in [-0.4, -0.2) is 90.0 Å². The summed E-state index contributed by atoms with van der Waals surface area (Å²) in [6.07, 6.45) is -3.08. The van der Waals surface area contributed by atoms with Crippen LogP contribution in [0.15, 0.2) is 60.8 Å². The van der Waals surface area contributed by atoms with Gasteiger partial charge in [-0.1, -0.05) is 30.3 Å². The van der Waals surface area contributed by atoms with E-state index in [-0.39, 0.29) is 18.6 Å². The molecule has 0 bridgehead atoms. The number of pyridine rings is 1. The molecular formula is C32H43F3N7O3S+. The number of amides is 2. The Balaban J connectivity index is 1.85. The Morgan fingerprint density at radius 3 is 2.20 bits per heavy atom.